The van der Waals surface area contributed by atoms with E-state index in [0.29, 0.717) is 11.3 Å². The Bertz CT molecular complexity index is 424. The van der Waals surface area contributed by atoms with E-state index in [9.17, 15) is 5.11 Å². The van der Waals surface area contributed by atoms with E-state index in [-0.39, 0.29) is 6.04 Å². The van der Waals surface area contributed by atoms with Crippen molar-refractivity contribution in [1.82, 2.24) is 4.90 Å². The van der Waals surface area contributed by atoms with Crippen molar-refractivity contribution in [2.24, 2.45) is 11.3 Å². The predicted molar refractivity (Wildman–Crippen MR) is 89.2 cm³/mol. The lowest BCUT2D eigenvalue weighted by molar-refractivity contribution is 0.0281. The minimum atomic E-state index is -0.393. The summed E-state index contributed by atoms with van der Waals surface area (Å²) in [5.41, 5.74) is 1.51. The monoisotopic (exact) mass is 289 g/mol. The summed E-state index contributed by atoms with van der Waals surface area (Å²) in [6, 6.07) is 10.3. The van der Waals surface area contributed by atoms with Crippen LogP contribution in [0, 0.1) is 11.3 Å². The van der Waals surface area contributed by atoms with Crippen LogP contribution in [0.25, 0.3) is 0 Å². The Balaban J connectivity index is 2.17. The number of nitrogens with zero attached hydrogens (tertiary/aromatic N) is 1. The molecule has 2 unspecified atom stereocenters. The molecule has 2 heteroatoms. The quantitative estimate of drug-likeness (QED) is 0.846. The number of aliphatic hydroxyl groups is 1. The highest BCUT2D eigenvalue weighted by atomic mass is 16.3. The van der Waals surface area contributed by atoms with Crippen molar-refractivity contribution in [2.45, 2.75) is 59.1 Å². The van der Waals surface area contributed by atoms with Crippen LogP contribution in [0.1, 0.15) is 58.6 Å². The predicted octanol–water partition coefficient (Wildman–Crippen LogP) is 4.26. The number of likely N-dealkylation sites (tertiary alicyclic amines) is 1. The van der Waals surface area contributed by atoms with Gasteiger partial charge in [0.25, 0.3) is 0 Å². The van der Waals surface area contributed by atoms with Gasteiger partial charge in [0.2, 0.25) is 0 Å². The van der Waals surface area contributed by atoms with Gasteiger partial charge >= 0.3 is 0 Å². The average Bonchev–Trinajstić information content (AvgIpc) is 2.92. The molecule has 0 amide bonds. The number of rotatable bonds is 6. The average molecular weight is 289 g/mol. The van der Waals surface area contributed by atoms with Crippen LogP contribution < -0.4 is 0 Å². The lowest BCUT2D eigenvalue weighted by atomic mass is 9.81. The van der Waals surface area contributed by atoms with E-state index < -0.39 is 6.10 Å². The van der Waals surface area contributed by atoms with E-state index in [1.165, 1.54) is 19.3 Å². The Morgan fingerprint density at radius 1 is 1.14 bits per heavy atom. The van der Waals surface area contributed by atoms with Crippen molar-refractivity contribution < 1.29 is 5.11 Å². The van der Waals surface area contributed by atoms with Gasteiger partial charge in [0.15, 0.2) is 0 Å². The smallest absolute Gasteiger partial charge is 0.0947 e. The van der Waals surface area contributed by atoms with E-state index >= 15 is 0 Å². The molecule has 2 rings (SSSR count). The molecule has 1 saturated heterocycles. The molecule has 1 heterocycles. The van der Waals surface area contributed by atoms with E-state index in [1.807, 2.05) is 30.3 Å². The normalized spacial score (nSPS) is 21.6. The van der Waals surface area contributed by atoms with Crippen LogP contribution in [-0.2, 0) is 0 Å². The molecule has 0 aromatic heterocycles. The van der Waals surface area contributed by atoms with Gasteiger partial charge < -0.3 is 5.11 Å². The maximum Gasteiger partial charge on any atom is 0.0947 e. The highest BCUT2D eigenvalue weighted by Crippen LogP contribution is 2.40. The molecule has 2 atom stereocenters. The molecule has 0 aliphatic carbocycles. The molecule has 1 aromatic rings. The fourth-order valence-corrected chi connectivity index (χ4v) is 3.88. The molecule has 0 saturated carbocycles. The Morgan fingerprint density at radius 3 is 2.24 bits per heavy atom. The number of hydrogen-bond donors (Lipinski definition) is 1. The lowest BCUT2D eigenvalue weighted by Gasteiger charge is -2.36. The molecule has 1 aromatic carbocycles. The van der Waals surface area contributed by atoms with Crippen molar-refractivity contribution >= 4 is 0 Å². The van der Waals surface area contributed by atoms with Crippen molar-refractivity contribution in [3.63, 3.8) is 0 Å². The highest BCUT2D eigenvalue weighted by molar-refractivity contribution is 5.19. The van der Waals surface area contributed by atoms with Crippen molar-refractivity contribution in [3.8, 4) is 0 Å². The minimum Gasteiger partial charge on any atom is -0.387 e. The number of aliphatic hydroxyl groups excluding tert-OH is 1. The first-order valence-electron chi connectivity index (χ1n) is 8.50. The van der Waals surface area contributed by atoms with Gasteiger partial charge in [-0.15, -0.1) is 0 Å². The van der Waals surface area contributed by atoms with E-state index in [2.05, 4.69) is 32.6 Å². The van der Waals surface area contributed by atoms with Crippen LogP contribution in [0.3, 0.4) is 0 Å². The molecule has 118 valence electrons. The maximum absolute atomic E-state index is 10.9. The summed E-state index contributed by atoms with van der Waals surface area (Å²) in [5, 5.41) is 10.9. The van der Waals surface area contributed by atoms with Crippen molar-refractivity contribution in [1.29, 1.82) is 0 Å². The van der Waals surface area contributed by atoms with E-state index in [4.69, 9.17) is 0 Å². The fraction of sp³-hybridized carbons (Fsp3) is 0.684. The van der Waals surface area contributed by atoms with Gasteiger partial charge in [-0.05, 0) is 42.7 Å². The van der Waals surface area contributed by atoms with Gasteiger partial charge in [-0.3, -0.25) is 4.90 Å². The Hall–Kier alpha value is -0.860. The summed E-state index contributed by atoms with van der Waals surface area (Å²) in [5.74, 6) is 0.449. The molecule has 1 aliphatic heterocycles. The maximum atomic E-state index is 10.9. The summed E-state index contributed by atoms with van der Waals surface area (Å²) in [6.07, 6.45) is 3.36. The molecule has 21 heavy (non-hydrogen) atoms. The van der Waals surface area contributed by atoms with Crippen LogP contribution >= 0.6 is 0 Å². The van der Waals surface area contributed by atoms with Crippen LogP contribution in [0.2, 0.25) is 0 Å². The third-order valence-corrected chi connectivity index (χ3v) is 5.54. The van der Waals surface area contributed by atoms with Gasteiger partial charge in [0, 0.05) is 12.6 Å². The topological polar surface area (TPSA) is 23.5 Å². The third kappa shape index (κ3) is 3.49. The SMILES string of the molecule is CCC1(CC)CCN(C(C(C)C)C(O)c2ccccc2)C1. The van der Waals surface area contributed by atoms with Gasteiger partial charge in [-0.2, -0.15) is 0 Å². The zero-order chi connectivity index (χ0) is 15.5. The molecule has 1 fully saturated rings. The number of benzene rings is 1. The molecule has 1 aliphatic rings. The first kappa shape index (κ1) is 16.5. The van der Waals surface area contributed by atoms with Gasteiger partial charge in [0.1, 0.15) is 0 Å². The van der Waals surface area contributed by atoms with Gasteiger partial charge in [-0.1, -0.05) is 58.0 Å². The molecule has 0 radical (unpaired) electrons. The standard InChI is InChI=1S/C19H31NO/c1-5-19(6-2)12-13-20(14-19)17(15(3)4)18(21)16-10-8-7-9-11-16/h7-11,15,17-18,21H,5-6,12-14H2,1-4H3. The van der Waals surface area contributed by atoms with E-state index in [0.717, 1.165) is 18.7 Å². The van der Waals surface area contributed by atoms with E-state index in [1.54, 1.807) is 0 Å². The largest absolute Gasteiger partial charge is 0.387 e. The van der Waals surface area contributed by atoms with Crippen LogP contribution in [-0.4, -0.2) is 29.1 Å². The molecule has 2 nitrogen and oxygen atoms in total. The second kappa shape index (κ2) is 6.93. The van der Waals surface area contributed by atoms with Crippen molar-refractivity contribution in [2.75, 3.05) is 13.1 Å². The van der Waals surface area contributed by atoms with Crippen LogP contribution in [0.5, 0.6) is 0 Å². The van der Waals surface area contributed by atoms with Crippen LogP contribution in [0.15, 0.2) is 30.3 Å². The summed E-state index contributed by atoms with van der Waals surface area (Å²) in [7, 11) is 0. The Kier molecular flexibility index (Phi) is 5.45. The summed E-state index contributed by atoms with van der Waals surface area (Å²) >= 11 is 0. The first-order valence-corrected chi connectivity index (χ1v) is 8.50. The van der Waals surface area contributed by atoms with Crippen LogP contribution in [0.4, 0.5) is 0 Å². The summed E-state index contributed by atoms with van der Waals surface area (Å²) < 4.78 is 0. The lowest BCUT2D eigenvalue weighted by Crippen LogP contribution is -2.43. The summed E-state index contributed by atoms with van der Waals surface area (Å²) in [6.45, 7) is 11.3. The zero-order valence-corrected chi connectivity index (χ0v) is 14.0. The number of hydrogen-bond acceptors (Lipinski definition) is 2. The summed E-state index contributed by atoms with van der Waals surface area (Å²) in [4.78, 5) is 2.54. The fourth-order valence-electron chi connectivity index (χ4n) is 3.88. The van der Waals surface area contributed by atoms with Gasteiger partial charge in [0.05, 0.1) is 6.10 Å². The Morgan fingerprint density at radius 2 is 1.76 bits per heavy atom. The van der Waals surface area contributed by atoms with Crippen molar-refractivity contribution in [3.05, 3.63) is 35.9 Å². The molecular formula is C19H31NO. The molecule has 1 N–H and O–H groups in total. The minimum absolute atomic E-state index is 0.215. The highest BCUT2D eigenvalue weighted by Gasteiger charge is 2.40. The molecular weight excluding hydrogens is 258 g/mol. The zero-order valence-electron chi connectivity index (χ0n) is 14.0. The second-order valence-electron chi connectivity index (χ2n) is 7.02. The second-order valence-corrected chi connectivity index (χ2v) is 7.02. The third-order valence-electron chi connectivity index (χ3n) is 5.54. The first-order chi connectivity index (χ1) is 10.0. The van der Waals surface area contributed by atoms with Gasteiger partial charge in [-0.25, -0.2) is 0 Å². The molecule has 0 bridgehead atoms. The molecule has 0 spiro atoms. The Labute approximate surface area is 130 Å².